The zero-order valence-corrected chi connectivity index (χ0v) is 21.3. The summed E-state index contributed by atoms with van der Waals surface area (Å²) < 4.78 is 42.6. The van der Waals surface area contributed by atoms with E-state index in [1.54, 1.807) is 23.7 Å². The first kappa shape index (κ1) is 26.2. The highest BCUT2D eigenvalue weighted by atomic mass is 19.4. The fraction of sp³-hybridized carbons (Fsp3) is 0.393. The number of carbonyl (C=O) groups is 1. The fourth-order valence-corrected chi connectivity index (χ4v) is 6.07. The van der Waals surface area contributed by atoms with Crippen LogP contribution in [0, 0.1) is 28.1 Å². The van der Waals surface area contributed by atoms with Gasteiger partial charge in [-0.15, -0.1) is 10.2 Å². The van der Waals surface area contributed by atoms with Crippen LogP contribution in [-0.4, -0.2) is 27.3 Å². The summed E-state index contributed by atoms with van der Waals surface area (Å²) in [5, 5.41) is 32.5. The molecule has 3 saturated carbocycles. The molecule has 0 atom stereocenters. The van der Waals surface area contributed by atoms with Crippen molar-refractivity contribution in [2.24, 2.45) is 12.5 Å². The third-order valence-corrected chi connectivity index (χ3v) is 8.37. The molecule has 2 bridgehead atoms. The normalized spacial score (nSPS) is 22.1. The second-order valence-corrected chi connectivity index (χ2v) is 10.5. The van der Waals surface area contributed by atoms with Crippen LogP contribution < -0.4 is 10.6 Å². The van der Waals surface area contributed by atoms with Crippen molar-refractivity contribution >= 4 is 11.7 Å². The van der Waals surface area contributed by atoms with Gasteiger partial charge in [-0.1, -0.05) is 18.2 Å². The Morgan fingerprint density at radius 3 is 2.31 bits per heavy atom. The minimum atomic E-state index is -4.49. The highest BCUT2D eigenvalue weighted by Crippen LogP contribution is 2.57. The summed E-state index contributed by atoms with van der Waals surface area (Å²) in [4.78, 5) is 12.6. The monoisotopic (exact) mass is 533 g/mol. The van der Waals surface area contributed by atoms with Crippen LogP contribution in [0.1, 0.15) is 61.0 Å². The molecule has 200 valence electrons. The number of carbonyl (C=O) groups excluding carboxylic acids is 1. The van der Waals surface area contributed by atoms with Crippen LogP contribution in [0.5, 0.6) is 0 Å². The van der Waals surface area contributed by atoms with E-state index in [1.165, 1.54) is 24.3 Å². The number of alkyl halides is 3. The molecule has 2 aromatic carbocycles. The van der Waals surface area contributed by atoms with Crippen molar-refractivity contribution in [2.45, 2.75) is 50.1 Å². The molecule has 1 heterocycles. The lowest BCUT2D eigenvalue weighted by atomic mass is 9.53. The number of nitrogens with one attached hydrogen (secondary N) is 2. The Morgan fingerprint density at radius 2 is 1.67 bits per heavy atom. The summed E-state index contributed by atoms with van der Waals surface area (Å²) in [7, 11) is 1.73. The van der Waals surface area contributed by atoms with Gasteiger partial charge in [-0.25, -0.2) is 4.79 Å². The van der Waals surface area contributed by atoms with Gasteiger partial charge in [0.15, 0.2) is 5.82 Å². The van der Waals surface area contributed by atoms with Gasteiger partial charge < -0.3 is 15.2 Å². The summed E-state index contributed by atoms with van der Waals surface area (Å²) in [5.74, 6) is 0.915. The first-order valence-electron chi connectivity index (χ1n) is 12.7. The van der Waals surface area contributed by atoms with Crippen molar-refractivity contribution in [3.8, 4) is 23.5 Å². The molecule has 3 aliphatic rings. The maximum atomic E-state index is 13.6. The van der Waals surface area contributed by atoms with Gasteiger partial charge in [0, 0.05) is 30.3 Å². The molecule has 3 aliphatic carbocycles. The predicted molar refractivity (Wildman–Crippen MR) is 136 cm³/mol. The standard InChI is InChI=1S/C28H26F3N7O/c1-38-23(21-4-2-3-5-22(21)28(29,30)31)36-37-24(38)27-11-8-26(9-12-27,10-13-27)17-34-25(39)35-20-7-6-18(15-32)19(14-20)16-33/h2-7,14H,8-13,17H2,1H3,(H2,34,35,39). The third kappa shape index (κ3) is 4.81. The summed E-state index contributed by atoms with van der Waals surface area (Å²) >= 11 is 0. The lowest BCUT2D eigenvalue weighted by Crippen LogP contribution is -2.50. The third-order valence-electron chi connectivity index (χ3n) is 8.37. The molecule has 0 radical (unpaired) electrons. The van der Waals surface area contributed by atoms with Gasteiger partial charge in [-0.3, -0.25) is 0 Å². The van der Waals surface area contributed by atoms with E-state index in [9.17, 15) is 23.2 Å². The summed E-state index contributed by atoms with van der Waals surface area (Å²) in [6, 6.07) is 13.5. The molecule has 2 N–H and O–H groups in total. The van der Waals surface area contributed by atoms with E-state index < -0.39 is 11.7 Å². The first-order valence-corrected chi connectivity index (χ1v) is 12.7. The number of nitrogens with zero attached hydrogens (tertiary/aromatic N) is 5. The van der Waals surface area contributed by atoms with Gasteiger partial charge in [-0.2, -0.15) is 23.7 Å². The van der Waals surface area contributed by atoms with Crippen LogP contribution >= 0.6 is 0 Å². The zero-order valence-electron chi connectivity index (χ0n) is 21.3. The Labute approximate surface area is 223 Å². The topological polar surface area (TPSA) is 119 Å². The molecule has 0 aliphatic heterocycles. The molecule has 8 nitrogen and oxygen atoms in total. The number of nitriles is 2. The number of hydrogen-bond donors (Lipinski definition) is 2. The molecule has 39 heavy (non-hydrogen) atoms. The maximum absolute atomic E-state index is 13.6. The van der Waals surface area contributed by atoms with Crippen LogP contribution in [0.25, 0.3) is 11.4 Å². The van der Waals surface area contributed by atoms with E-state index >= 15 is 0 Å². The number of benzene rings is 2. The second-order valence-electron chi connectivity index (χ2n) is 10.5. The van der Waals surface area contributed by atoms with Crippen LogP contribution in [0.3, 0.4) is 0 Å². The molecule has 0 spiro atoms. The number of rotatable bonds is 5. The van der Waals surface area contributed by atoms with Gasteiger partial charge in [0.05, 0.1) is 16.7 Å². The van der Waals surface area contributed by atoms with Crippen molar-refractivity contribution in [3.63, 3.8) is 0 Å². The fourth-order valence-electron chi connectivity index (χ4n) is 6.07. The van der Waals surface area contributed by atoms with Crippen molar-refractivity contribution in [1.29, 1.82) is 10.5 Å². The Balaban J connectivity index is 1.25. The SMILES string of the molecule is Cn1c(-c2ccccc2C(F)(F)F)nnc1C12CCC(CNC(=O)Nc3ccc(C#N)c(C#N)c3)(CC1)CC2. The van der Waals surface area contributed by atoms with E-state index in [2.05, 4.69) is 20.8 Å². The van der Waals surface area contributed by atoms with Crippen molar-refractivity contribution in [1.82, 2.24) is 20.1 Å². The number of anilines is 1. The van der Waals surface area contributed by atoms with Crippen LogP contribution in [-0.2, 0) is 18.6 Å². The molecule has 3 aromatic rings. The number of halogens is 3. The smallest absolute Gasteiger partial charge is 0.337 e. The van der Waals surface area contributed by atoms with E-state index in [0.29, 0.717) is 18.1 Å². The van der Waals surface area contributed by atoms with Crippen LogP contribution in [0.2, 0.25) is 0 Å². The van der Waals surface area contributed by atoms with E-state index in [-0.39, 0.29) is 39.4 Å². The zero-order chi connectivity index (χ0) is 27.8. The van der Waals surface area contributed by atoms with Gasteiger partial charge >= 0.3 is 12.2 Å². The predicted octanol–water partition coefficient (Wildman–Crippen LogP) is 5.66. The van der Waals surface area contributed by atoms with E-state index in [0.717, 1.165) is 44.6 Å². The van der Waals surface area contributed by atoms with Gasteiger partial charge in [-0.05, 0) is 68.2 Å². The first-order chi connectivity index (χ1) is 18.6. The highest BCUT2D eigenvalue weighted by Gasteiger charge is 2.51. The Morgan fingerprint density at radius 1 is 1.00 bits per heavy atom. The minimum Gasteiger partial charge on any atom is -0.337 e. The summed E-state index contributed by atoms with van der Waals surface area (Å²) in [6.07, 6.45) is 0.491. The van der Waals surface area contributed by atoms with E-state index in [1.807, 2.05) is 12.1 Å². The molecule has 0 unspecified atom stereocenters. The van der Waals surface area contributed by atoms with Crippen molar-refractivity contribution in [3.05, 3.63) is 65.0 Å². The molecule has 0 saturated heterocycles. The number of urea groups is 1. The largest absolute Gasteiger partial charge is 0.417 e. The summed E-state index contributed by atoms with van der Waals surface area (Å²) in [6.45, 7) is 0.485. The van der Waals surface area contributed by atoms with Gasteiger partial charge in [0.1, 0.15) is 18.0 Å². The number of hydrogen-bond acceptors (Lipinski definition) is 5. The number of fused-ring (bicyclic) bond motifs is 3. The molecular weight excluding hydrogens is 507 g/mol. The molecular formula is C28H26F3N7O. The molecule has 3 fully saturated rings. The van der Waals surface area contributed by atoms with Crippen molar-refractivity contribution in [2.75, 3.05) is 11.9 Å². The lowest BCUT2D eigenvalue weighted by Gasteiger charge is -2.52. The van der Waals surface area contributed by atoms with E-state index in [4.69, 9.17) is 5.26 Å². The number of aromatic nitrogens is 3. The highest BCUT2D eigenvalue weighted by molar-refractivity contribution is 5.89. The maximum Gasteiger partial charge on any atom is 0.417 e. The minimum absolute atomic E-state index is 0.0167. The quantitative estimate of drug-likeness (QED) is 0.439. The second kappa shape index (κ2) is 9.73. The average molecular weight is 534 g/mol. The van der Waals surface area contributed by atoms with Crippen LogP contribution in [0.4, 0.5) is 23.7 Å². The van der Waals surface area contributed by atoms with Gasteiger partial charge in [0.2, 0.25) is 0 Å². The van der Waals surface area contributed by atoms with Crippen molar-refractivity contribution < 1.29 is 18.0 Å². The molecule has 11 heteroatoms. The Kier molecular flexibility index (Phi) is 6.55. The summed E-state index contributed by atoms with van der Waals surface area (Å²) in [5.41, 5.74) is -0.169. The van der Waals surface area contributed by atoms with Crippen LogP contribution in [0.15, 0.2) is 42.5 Å². The average Bonchev–Trinajstić information content (AvgIpc) is 3.34. The Hall–Kier alpha value is -4.38. The Bertz CT molecular complexity index is 1490. The molecule has 6 rings (SSSR count). The molecule has 2 amide bonds. The number of amides is 2. The lowest BCUT2D eigenvalue weighted by molar-refractivity contribution is -0.137. The van der Waals surface area contributed by atoms with Gasteiger partial charge in [0.25, 0.3) is 0 Å². The molecule has 1 aromatic heterocycles.